The highest BCUT2D eigenvalue weighted by Crippen LogP contribution is 2.37. The number of alkyl halides is 2. The topological polar surface area (TPSA) is 107 Å². The van der Waals surface area contributed by atoms with Crippen LogP contribution in [0, 0.1) is 11.7 Å². The Balaban J connectivity index is 1.66. The summed E-state index contributed by atoms with van der Waals surface area (Å²) < 4.78 is 65.3. The molecule has 1 amide bonds. The molecule has 2 aromatic carbocycles. The Labute approximate surface area is 182 Å². The van der Waals surface area contributed by atoms with Crippen LogP contribution in [-0.4, -0.2) is 30.0 Å². The largest absolute Gasteiger partial charge is 0.321 e. The van der Waals surface area contributed by atoms with Gasteiger partial charge in [-0.3, -0.25) is 9.48 Å². The standard InChI is InChI=1S/C21H21F3N4O3S/c22-14-4-5-17-18(10-14)27-28(12-13-6-8-21(23,24)9-7-13)19(17)20(29)26-15-2-1-3-16(11-15)32(25,30)31/h1-5,10-11,13H,6-9,12H2,(H,26,29)(H2,25,30,31). The lowest BCUT2D eigenvalue weighted by atomic mass is 9.87. The normalized spacial score (nSPS) is 16.9. The number of carbonyl (C=O) groups excluding carboxylic acids is 1. The molecule has 0 spiro atoms. The number of nitrogens with two attached hydrogens (primary N) is 1. The zero-order valence-electron chi connectivity index (χ0n) is 16.9. The van der Waals surface area contributed by atoms with Gasteiger partial charge in [-0.25, -0.2) is 26.7 Å². The summed E-state index contributed by atoms with van der Waals surface area (Å²) in [4.78, 5) is 13.0. The van der Waals surface area contributed by atoms with E-state index in [4.69, 9.17) is 5.14 Å². The fourth-order valence-corrected chi connectivity index (χ4v) is 4.51. The molecule has 3 aromatic rings. The molecule has 4 rings (SSSR count). The van der Waals surface area contributed by atoms with Crippen LogP contribution in [-0.2, 0) is 16.6 Å². The minimum absolute atomic E-state index is 0.106. The first-order chi connectivity index (χ1) is 15.0. The smallest absolute Gasteiger partial charge is 0.274 e. The molecule has 0 radical (unpaired) electrons. The molecule has 0 bridgehead atoms. The molecule has 1 aliphatic rings. The van der Waals surface area contributed by atoms with Gasteiger partial charge in [0, 0.05) is 36.5 Å². The van der Waals surface area contributed by atoms with Gasteiger partial charge >= 0.3 is 0 Å². The van der Waals surface area contributed by atoms with Gasteiger partial charge in [0.05, 0.1) is 10.4 Å². The molecule has 0 saturated heterocycles. The predicted molar refractivity (Wildman–Crippen MR) is 112 cm³/mol. The van der Waals surface area contributed by atoms with Gasteiger partial charge in [0.2, 0.25) is 15.9 Å². The maximum atomic E-state index is 13.7. The van der Waals surface area contributed by atoms with Gasteiger partial charge in [0.15, 0.2) is 0 Å². The minimum atomic E-state index is -3.96. The number of nitrogens with one attached hydrogen (secondary N) is 1. The van der Waals surface area contributed by atoms with Crippen LogP contribution >= 0.6 is 0 Å². The maximum absolute atomic E-state index is 13.7. The number of carbonyl (C=O) groups is 1. The number of amides is 1. The van der Waals surface area contributed by atoms with E-state index in [2.05, 4.69) is 10.4 Å². The van der Waals surface area contributed by atoms with Crippen molar-refractivity contribution in [3.63, 3.8) is 0 Å². The van der Waals surface area contributed by atoms with Crippen LogP contribution < -0.4 is 10.5 Å². The zero-order valence-corrected chi connectivity index (χ0v) is 17.7. The summed E-state index contributed by atoms with van der Waals surface area (Å²) in [5.74, 6) is -3.90. The Morgan fingerprint density at radius 2 is 1.91 bits per heavy atom. The molecule has 0 atom stereocenters. The number of hydrogen-bond acceptors (Lipinski definition) is 4. The van der Waals surface area contributed by atoms with Crippen LogP contribution in [0.15, 0.2) is 47.4 Å². The Morgan fingerprint density at radius 3 is 2.59 bits per heavy atom. The van der Waals surface area contributed by atoms with Gasteiger partial charge in [-0.05, 0) is 49.1 Å². The fourth-order valence-electron chi connectivity index (χ4n) is 3.95. The molecule has 32 heavy (non-hydrogen) atoms. The van der Waals surface area contributed by atoms with Crippen molar-refractivity contribution in [2.24, 2.45) is 11.1 Å². The van der Waals surface area contributed by atoms with Crippen molar-refractivity contribution in [3.05, 3.63) is 54.0 Å². The molecule has 11 heteroatoms. The van der Waals surface area contributed by atoms with Crippen molar-refractivity contribution >= 4 is 32.5 Å². The van der Waals surface area contributed by atoms with Crippen molar-refractivity contribution < 1.29 is 26.4 Å². The lowest BCUT2D eigenvalue weighted by Crippen LogP contribution is -2.28. The van der Waals surface area contributed by atoms with E-state index in [0.29, 0.717) is 5.39 Å². The molecule has 0 aliphatic heterocycles. The Hall–Kier alpha value is -2.92. The van der Waals surface area contributed by atoms with Gasteiger partial charge in [-0.1, -0.05) is 6.07 Å². The summed E-state index contributed by atoms with van der Waals surface area (Å²) in [5, 5.41) is 12.5. The highest BCUT2D eigenvalue weighted by molar-refractivity contribution is 7.89. The number of halogens is 3. The third-order valence-electron chi connectivity index (χ3n) is 5.60. The van der Waals surface area contributed by atoms with E-state index in [1.165, 1.54) is 47.1 Å². The third-order valence-corrected chi connectivity index (χ3v) is 6.52. The average molecular weight is 466 g/mol. The highest BCUT2D eigenvalue weighted by atomic mass is 32.2. The van der Waals surface area contributed by atoms with E-state index < -0.39 is 27.7 Å². The quantitative estimate of drug-likeness (QED) is 0.595. The average Bonchev–Trinajstić information content (AvgIpc) is 3.06. The van der Waals surface area contributed by atoms with E-state index >= 15 is 0 Å². The van der Waals surface area contributed by atoms with Crippen LogP contribution in [0.4, 0.5) is 18.9 Å². The number of aromatic nitrogens is 2. The lowest BCUT2D eigenvalue weighted by molar-refractivity contribution is -0.0476. The number of fused-ring (bicyclic) bond motifs is 1. The highest BCUT2D eigenvalue weighted by Gasteiger charge is 2.35. The third kappa shape index (κ3) is 4.78. The first-order valence-corrected chi connectivity index (χ1v) is 11.5. The van der Waals surface area contributed by atoms with Crippen molar-refractivity contribution in [1.82, 2.24) is 9.78 Å². The van der Waals surface area contributed by atoms with Crippen LogP contribution in [0.5, 0.6) is 0 Å². The van der Waals surface area contributed by atoms with Crippen LogP contribution in [0.25, 0.3) is 10.9 Å². The molecule has 1 aromatic heterocycles. The van der Waals surface area contributed by atoms with Crippen molar-refractivity contribution in [3.8, 4) is 0 Å². The number of sulfonamides is 1. The van der Waals surface area contributed by atoms with Gasteiger partial charge in [-0.15, -0.1) is 0 Å². The van der Waals surface area contributed by atoms with Crippen molar-refractivity contribution in [1.29, 1.82) is 0 Å². The van der Waals surface area contributed by atoms with E-state index in [1.807, 2.05) is 0 Å². The van der Waals surface area contributed by atoms with Crippen molar-refractivity contribution in [2.45, 2.75) is 43.0 Å². The van der Waals surface area contributed by atoms with Crippen LogP contribution in [0.1, 0.15) is 36.2 Å². The first-order valence-electron chi connectivity index (χ1n) is 10.00. The number of rotatable bonds is 5. The summed E-state index contributed by atoms with van der Waals surface area (Å²) in [5.41, 5.74) is 0.592. The second-order valence-electron chi connectivity index (χ2n) is 8.02. The Bertz CT molecular complexity index is 1280. The molecule has 1 aliphatic carbocycles. The molecule has 1 fully saturated rings. The molecule has 1 heterocycles. The summed E-state index contributed by atoms with van der Waals surface area (Å²) in [6.45, 7) is 0.229. The van der Waals surface area contributed by atoms with Crippen LogP contribution in [0.2, 0.25) is 0 Å². The summed E-state index contributed by atoms with van der Waals surface area (Å²) >= 11 is 0. The molecule has 7 nitrogen and oxygen atoms in total. The lowest BCUT2D eigenvalue weighted by Gasteiger charge is -2.28. The van der Waals surface area contributed by atoms with Crippen molar-refractivity contribution in [2.75, 3.05) is 5.32 Å². The molecule has 0 unspecified atom stereocenters. The van der Waals surface area contributed by atoms with Crippen LogP contribution in [0.3, 0.4) is 0 Å². The monoisotopic (exact) mass is 466 g/mol. The molecular formula is C21H21F3N4O3S. The summed E-state index contributed by atoms with van der Waals surface area (Å²) in [6.07, 6.45) is 0.119. The van der Waals surface area contributed by atoms with Gasteiger partial charge in [-0.2, -0.15) is 5.10 Å². The van der Waals surface area contributed by atoms with E-state index in [-0.39, 0.29) is 59.9 Å². The number of anilines is 1. The molecule has 1 saturated carbocycles. The van der Waals surface area contributed by atoms with E-state index in [1.54, 1.807) is 0 Å². The minimum Gasteiger partial charge on any atom is -0.321 e. The Morgan fingerprint density at radius 1 is 1.19 bits per heavy atom. The molecule has 170 valence electrons. The molecule has 3 N–H and O–H groups in total. The second kappa shape index (κ2) is 8.21. The summed E-state index contributed by atoms with van der Waals surface area (Å²) in [6, 6.07) is 9.28. The number of nitrogens with zero attached hydrogens (tertiary/aromatic N) is 2. The SMILES string of the molecule is NS(=O)(=O)c1cccc(NC(=O)c2c3ccc(F)cc3nn2CC2CCC(F)(F)CC2)c1. The van der Waals surface area contributed by atoms with E-state index in [9.17, 15) is 26.4 Å². The number of primary sulfonamides is 1. The zero-order chi connectivity index (χ0) is 23.1. The number of hydrogen-bond donors (Lipinski definition) is 2. The molecular weight excluding hydrogens is 445 g/mol. The first kappa shape index (κ1) is 22.3. The fraction of sp³-hybridized carbons (Fsp3) is 0.333. The maximum Gasteiger partial charge on any atom is 0.274 e. The second-order valence-corrected chi connectivity index (χ2v) is 9.58. The van der Waals surface area contributed by atoms with E-state index in [0.717, 1.165) is 0 Å². The van der Waals surface area contributed by atoms with Gasteiger partial charge < -0.3 is 5.32 Å². The Kier molecular flexibility index (Phi) is 5.72. The van der Waals surface area contributed by atoms with Gasteiger partial charge in [0.25, 0.3) is 5.91 Å². The summed E-state index contributed by atoms with van der Waals surface area (Å²) in [7, 11) is -3.96. The predicted octanol–water partition coefficient (Wildman–Crippen LogP) is 3.90. The van der Waals surface area contributed by atoms with Gasteiger partial charge in [0.1, 0.15) is 11.5 Å². The number of benzene rings is 2.